The Balaban J connectivity index is 1.94. The van der Waals surface area contributed by atoms with Gasteiger partial charge >= 0.3 is 36.6 Å². The number of rotatable bonds is 11. The number of nitrogens with one attached hydrogen (secondary N) is 2. The van der Waals surface area contributed by atoms with Crippen molar-refractivity contribution in [1.29, 1.82) is 0 Å². The Morgan fingerprint density at radius 2 is 0.898 bits per heavy atom. The van der Waals surface area contributed by atoms with Crippen LogP contribution in [0.25, 0.3) is 11.1 Å². The average Bonchev–Trinajstić information content (AvgIpc) is 3.11. The van der Waals surface area contributed by atoms with Gasteiger partial charge in [0.15, 0.2) is 5.78 Å². The first kappa shape index (κ1) is 45.5. The maximum absolute atomic E-state index is 14.1. The summed E-state index contributed by atoms with van der Waals surface area (Å²) >= 11 is 0. The lowest BCUT2D eigenvalue weighted by Gasteiger charge is -2.33. The van der Waals surface area contributed by atoms with Gasteiger partial charge in [-0.15, -0.1) is 0 Å². The minimum Gasteiger partial charge on any atom is -0.478 e. The van der Waals surface area contributed by atoms with E-state index in [1.165, 1.54) is 0 Å². The lowest BCUT2D eigenvalue weighted by molar-refractivity contribution is -0.376. The molecule has 0 unspecified atom stereocenters. The molecule has 0 aliphatic heterocycles. The zero-order valence-corrected chi connectivity index (χ0v) is 29.6. The molecule has 0 aromatic heterocycles. The van der Waals surface area contributed by atoms with Crippen LogP contribution >= 0.6 is 0 Å². The topological polar surface area (TPSA) is 173 Å². The number of carboxylic acid groups (broad SMARTS) is 2. The summed E-state index contributed by atoms with van der Waals surface area (Å²) in [5, 5.41) is 43.5. The van der Waals surface area contributed by atoms with Crippen molar-refractivity contribution >= 4 is 35.0 Å². The Labute approximate surface area is 322 Å². The van der Waals surface area contributed by atoms with Crippen LogP contribution in [0.1, 0.15) is 70.6 Å². The number of alkyl halides is 12. The molecule has 316 valence electrons. The molecule has 22 heteroatoms. The summed E-state index contributed by atoms with van der Waals surface area (Å²) in [6.45, 7) is 1.03. The number of ketones is 1. The molecule has 0 aliphatic carbocycles. The van der Waals surface area contributed by atoms with Crippen molar-refractivity contribution < 1.29 is 92.3 Å². The van der Waals surface area contributed by atoms with Crippen molar-refractivity contribution in [3.05, 3.63) is 117 Å². The number of aromatic carboxylic acids is 2. The van der Waals surface area contributed by atoms with Gasteiger partial charge in [0.2, 0.25) is 0 Å². The fraction of sp³-hybridized carbons (Fsp3) is 0.243. The first-order valence-corrected chi connectivity index (χ1v) is 16.1. The van der Waals surface area contributed by atoms with Crippen LogP contribution in [0.4, 0.5) is 64.1 Å². The Bertz CT molecular complexity index is 2310. The first-order valence-electron chi connectivity index (χ1n) is 16.1. The molecule has 4 aromatic carbocycles. The molecular weight excluding hydrogens is 828 g/mol. The number of carboxylic acids is 2. The van der Waals surface area contributed by atoms with Crippen LogP contribution in [0.5, 0.6) is 0 Å². The third-order valence-electron chi connectivity index (χ3n) is 8.87. The Morgan fingerprint density at radius 1 is 0.525 bits per heavy atom. The third kappa shape index (κ3) is 8.67. The number of halogens is 12. The number of carbonyl (C=O) groups excluding carboxylic acids is 2. The Kier molecular flexibility index (Phi) is 12.0. The summed E-state index contributed by atoms with van der Waals surface area (Å²) in [6.07, 6.45) is -27.0. The van der Waals surface area contributed by atoms with Crippen LogP contribution in [0.15, 0.2) is 72.8 Å². The molecule has 0 radical (unpaired) electrons. The van der Waals surface area contributed by atoms with Gasteiger partial charge in [0.25, 0.3) is 17.1 Å². The number of aliphatic hydroxyl groups is 2. The molecule has 0 saturated carbocycles. The van der Waals surface area contributed by atoms with Gasteiger partial charge in [0.05, 0.1) is 16.7 Å². The van der Waals surface area contributed by atoms with Crippen LogP contribution < -0.4 is 10.6 Å². The molecule has 6 N–H and O–H groups in total. The second-order valence-corrected chi connectivity index (χ2v) is 12.8. The average molecular weight is 855 g/mol. The van der Waals surface area contributed by atoms with Crippen molar-refractivity contribution in [2.45, 2.75) is 49.3 Å². The van der Waals surface area contributed by atoms with Gasteiger partial charge in [-0.25, -0.2) is 9.59 Å². The van der Waals surface area contributed by atoms with Gasteiger partial charge < -0.3 is 31.1 Å². The number of hydrogen-bond acceptors (Lipinski definition) is 7. The minimum absolute atomic E-state index is 0.0159. The highest BCUT2D eigenvalue weighted by Crippen LogP contribution is 2.52. The van der Waals surface area contributed by atoms with Gasteiger partial charge in [-0.3, -0.25) is 9.59 Å². The predicted octanol–water partition coefficient (Wildman–Crippen LogP) is 8.46. The molecule has 0 spiro atoms. The zero-order chi connectivity index (χ0) is 44.8. The van der Waals surface area contributed by atoms with Crippen LogP contribution in [0, 0.1) is 0 Å². The molecule has 10 nitrogen and oxygen atoms in total. The number of amides is 1. The largest absolute Gasteiger partial charge is 0.478 e. The Morgan fingerprint density at radius 3 is 1.27 bits per heavy atom. The summed E-state index contributed by atoms with van der Waals surface area (Å²) in [7, 11) is 1.01. The van der Waals surface area contributed by atoms with Gasteiger partial charge in [-0.1, -0.05) is 24.3 Å². The van der Waals surface area contributed by atoms with E-state index in [1.54, 1.807) is 0 Å². The zero-order valence-electron chi connectivity index (χ0n) is 29.6. The second kappa shape index (κ2) is 15.5. The highest BCUT2D eigenvalue weighted by molar-refractivity contribution is 6.12. The van der Waals surface area contributed by atoms with E-state index in [9.17, 15) is 92.3 Å². The lowest BCUT2D eigenvalue weighted by Crippen LogP contribution is -2.54. The molecule has 0 atom stereocenters. The second-order valence-electron chi connectivity index (χ2n) is 12.8. The molecule has 4 rings (SSSR count). The maximum atomic E-state index is 14.1. The highest BCUT2D eigenvalue weighted by atomic mass is 19.4. The number of anilines is 2. The SMILES string of the molecule is CNc1cc(Cc2cc(NC(=O)c3cc(-c4ccc(C(=O)O)c(C(C)=O)c4)ccc3C(=O)O)cc(C(O)(C(F)(F)F)C(F)(F)F)c2)cc(C(O)(C(F)(F)F)C(F)(F)F)c1. The standard InChI is InChI=1S/C37H26F12N2O8/c1-16(52)27-12-19(3-5-25(27)30(54)55)20-4-6-26(31(56)57)28(13-20)29(53)51-24-11-18(9-22(15-24)33(59,36(44,45)46)37(47,48)49)7-17-8-21(14-23(10-17)50-2)32(58,34(38,39)40)35(41,42)43/h3-6,8-15,50,58-59H,7H2,1-2H3,(H,51,53)(H,54,55)(H,56,57). The first-order chi connectivity index (χ1) is 26.9. The molecular formula is C37H26F12N2O8. The van der Waals surface area contributed by atoms with E-state index in [-0.39, 0.29) is 41.0 Å². The van der Waals surface area contributed by atoms with Gasteiger partial charge in [-0.05, 0) is 84.1 Å². The van der Waals surface area contributed by atoms with Gasteiger partial charge in [-0.2, -0.15) is 52.7 Å². The summed E-state index contributed by atoms with van der Waals surface area (Å²) in [5.41, 5.74) is -20.7. The fourth-order valence-corrected chi connectivity index (χ4v) is 5.93. The molecule has 0 aliphatic rings. The van der Waals surface area contributed by atoms with E-state index < -0.39 is 116 Å². The van der Waals surface area contributed by atoms with E-state index in [4.69, 9.17) is 0 Å². The predicted molar refractivity (Wildman–Crippen MR) is 181 cm³/mol. The van der Waals surface area contributed by atoms with Crippen molar-refractivity contribution in [2.75, 3.05) is 17.7 Å². The summed E-state index contributed by atoms with van der Waals surface area (Å²) < 4.78 is 167. The van der Waals surface area contributed by atoms with E-state index in [0.29, 0.717) is 6.07 Å². The van der Waals surface area contributed by atoms with Crippen molar-refractivity contribution in [3.63, 3.8) is 0 Å². The van der Waals surface area contributed by atoms with Crippen LogP contribution in [-0.2, 0) is 17.6 Å². The molecule has 59 heavy (non-hydrogen) atoms. The molecule has 0 fully saturated rings. The van der Waals surface area contributed by atoms with Gasteiger partial charge in [0, 0.05) is 35.1 Å². The van der Waals surface area contributed by atoms with E-state index in [0.717, 1.165) is 56.4 Å². The van der Waals surface area contributed by atoms with Crippen LogP contribution in [0.2, 0.25) is 0 Å². The fourth-order valence-electron chi connectivity index (χ4n) is 5.93. The van der Waals surface area contributed by atoms with Crippen molar-refractivity contribution in [2.24, 2.45) is 0 Å². The molecule has 0 heterocycles. The number of Topliss-reactive ketones (excluding diaryl/α,β-unsaturated/α-hetero) is 1. The highest BCUT2D eigenvalue weighted by Gasteiger charge is 2.72. The van der Waals surface area contributed by atoms with Crippen LogP contribution in [-0.4, -0.2) is 75.8 Å². The minimum atomic E-state index is -6.56. The number of benzene rings is 4. The smallest absolute Gasteiger partial charge is 0.430 e. The molecule has 1 amide bonds. The summed E-state index contributed by atoms with van der Waals surface area (Å²) in [5.74, 6) is -5.54. The lowest BCUT2D eigenvalue weighted by atomic mass is 9.87. The Hall–Kier alpha value is -6.16. The van der Waals surface area contributed by atoms with Crippen LogP contribution in [0.3, 0.4) is 0 Å². The van der Waals surface area contributed by atoms with Gasteiger partial charge in [0.1, 0.15) is 0 Å². The quantitative estimate of drug-likeness (QED) is 0.0640. The van der Waals surface area contributed by atoms with Crippen molar-refractivity contribution in [1.82, 2.24) is 0 Å². The van der Waals surface area contributed by atoms with Crippen molar-refractivity contribution in [3.8, 4) is 11.1 Å². The molecule has 4 aromatic rings. The monoisotopic (exact) mass is 854 g/mol. The normalized spacial score (nSPS) is 12.9. The van der Waals surface area contributed by atoms with E-state index in [1.807, 2.05) is 5.32 Å². The summed E-state index contributed by atoms with van der Waals surface area (Å²) in [6, 6.07) is 7.90. The summed E-state index contributed by atoms with van der Waals surface area (Å²) in [4.78, 5) is 49.4. The van der Waals surface area contributed by atoms with E-state index in [2.05, 4.69) is 5.32 Å². The van der Waals surface area contributed by atoms with E-state index >= 15 is 0 Å². The number of hydrogen-bond donors (Lipinski definition) is 6. The maximum Gasteiger partial charge on any atom is 0.430 e. The molecule has 0 bridgehead atoms. The number of carbonyl (C=O) groups is 4. The molecule has 0 saturated heterocycles. The third-order valence-corrected chi connectivity index (χ3v) is 8.87.